The van der Waals surface area contributed by atoms with E-state index >= 15 is 4.79 Å². The summed E-state index contributed by atoms with van der Waals surface area (Å²) in [5.74, 6) is -3.85. The number of halogens is 2. The molecule has 2 aromatic rings. The number of likely N-dealkylation sites (tertiary alicyclic amines) is 1. The summed E-state index contributed by atoms with van der Waals surface area (Å²) >= 11 is 10.4. The Kier molecular flexibility index (Phi) is 12.2. The average Bonchev–Trinajstić information content (AvgIpc) is 3.72. The lowest BCUT2D eigenvalue weighted by Gasteiger charge is -2.36. The number of unbranched alkanes of at least 4 members (excludes halogenated alkanes) is 3. The minimum atomic E-state index is -1.47. The van der Waals surface area contributed by atoms with Gasteiger partial charge in [-0.15, -0.1) is 0 Å². The van der Waals surface area contributed by atoms with Crippen LogP contribution in [0, 0.1) is 18.8 Å². The fourth-order valence-corrected chi connectivity index (χ4v) is 9.12. The average molecular weight is 799 g/mol. The molecule has 0 aliphatic carbocycles. The third-order valence-corrected chi connectivity index (χ3v) is 11.4. The van der Waals surface area contributed by atoms with Gasteiger partial charge in [0.05, 0.1) is 29.3 Å². The largest absolute Gasteiger partial charge is 0.455 e. The van der Waals surface area contributed by atoms with Crippen molar-refractivity contribution in [3.05, 3.63) is 87.4 Å². The molecular formula is C39H45BrClN3O8. The number of cyclic esters (lactones) is 1. The Morgan fingerprint density at radius 1 is 1.00 bits per heavy atom. The molecule has 2 saturated heterocycles. The van der Waals surface area contributed by atoms with Gasteiger partial charge in [-0.3, -0.25) is 19.2 Å². The van der Waals surface area contributed by atoms with Crippen LogP contribution in [0.25, 0.3) is 0 Å². The van der Waals surface area contributed by atoms with E-state index in [1.807, 2.05) is 61.5 Å². The highest BCUT2D eigenvalue weighted by Crippen LogP contribution is 2.59. The number of nitrogens with one attached hydrogen (secondary N) is 1. The molecule has 4 heterocycles. The highest BCUT2D eigenvalue weighted by molar-refractivity contribution is 9.11. The normalized spacial score (nSPS) is 29.9. The lowest BCUT2D eigenvalue weighted by molar-refractivity contribution is -0.162. The Morgan fingerprint density at radius 3 is 2.50 bits per heavy atom. The number of amides is 3. The van der Waals surface area contributed by atoms with Crippen LogP contribution in [-0.4, -0.2) is 90.9 Å². The highest BCUT2D eigenvalue weighted by Gasteiger charge is 2.75. The van der Waals surface area contributed by atoms with Crippen LogP contribution in [0.2, 0.25) is 5.02 Å². The molecule has 52 heavy (non-hydrogen) atoms. The quantitative estimate of drug-likeness (QED) is 0.191. The minimum Gasteiger partial charge on any atom is -0.455 e. The molecule has 5 bridgehead atoms. The van der Waals surface area contributed by atoms with Gasteiger partial charge in [-0.2, -0.15) is 0 Å². The van der Waals surface area contributed by atoms with Crippen molar-refractivity contribution in [1.29, 1.82) is 0 Å². The Hall–Kier alpha value is -3.55. The maximum atomic E-state index is 15.2. The van der Waals surface area contributed by atoms with Crippen molar-refractivity contribution < 1.29 is 38.5 Å². The van der Waals surface area contributed by atoms with Gasteiger partial charge in [0, 0.05) is 37.7 Å². The summed E-state index contributed by atoms with van der Waals surface area (Å²) in [6.07, 6.45) is 6.87. The Balaban J connectivity index is 1.47. The van der Waals surface area contributed by atoms with Crippen molar-refractivity contribution in [1.82, 2.24) is 10.2 Å². The van der Waals surface area contributed by atoms with Crippen molar-refractivity contribution in [3.63, 3.8) is 0 Å². The lowest BCUT2D eigenvalue weighted by atomic mass is 9.74. The number of para-hydroxylation sites is 1. The van der Waals surface area contributed by atoms with Gasteiger partial charge in [0.25, 0.3) is 5.91 Å². The van der Waals surface area contributed by atoms with Crippen LogP contribution in [0.5, 0.6) is 0 Å². The minimum absolute atomic E-state index is 0.0572. The summed E-state index contributed by atoms with van der Waals surface area (Å²) < 4.78 is 19.1. The molecule has 4 aliphatic rings. The van der Waals surface area contributed by atoms with Crippen LogP contribution < -0.4 is 10.2 Å². The van der Waals surface area contributed by atoms with Gasteiger partial charge in [-0.25, -0.2) is 0 Å². The summed E-state index contributed by atoms with van der Waals surface area (Å²) in [5, 5.41) is 12.7. The van der Waals surface area contributed by atoms with Crippen LogP contribution >= 0.6 is 27.5 Å². The number of esters is 1. The number of hydrogen-bond acceptors (Lipinski definition) is 8. The molecular weight excluding hydrogens is 754 g/mol. The third-order valence-electron chi connectivity index (χ3n) is 10.4. The van der Waals surface area contributed by atoms with Crippen LogP contribution in [0.4, 0.5) is 5.69 Å². The summed E-state index contributed by atoms with van der Waals surface area (Å²) in [4.78, 5) is 60.9. The van der Waals surface area contributed by atoms with E-state index < -0.39 is 53.6 Å². The molecule has 6 rings (SSSR count). The summed E-state index contributed by atoms with van der Waals surface area (Å²) in [6.45, 7) is 2.36. The number of aliphatic hydroxyl groups is 1. The van der Waals surface area contributed by atoms with Crippen LogP contribution in [0.1, 0.15) is 55.8 Å². The fraction of sp³-hybridized carbons (Fsp3) is 0.487. The van der Waals surface area contributed by atoms with E-state index in [9.17, 15) is 19.5 Å². The standard InChI is InChI=1S/C39H45BrClN3O8/c1-24-14-13-17-27(41)32(24)43-19-11-6-9-18-29(46)42-28(23-50-2)33(25-15-7-5-8-16-25)51-38(49)30-31-36(47)44(20-10-3-4-12-21-45)35(37(43)48)39(31)22-26(40)34(30)52-39/h5-8,11,13-17,22,28,30-31,33-35,45H,3-4,9-10,12,18-21,23H2,1-2H3,(H,42,46)/b11-6-/t28-,30+,31-,33-,34+,35+,39-/m1/s1. The number of aliphatic hydroxyl groups excluding tert-OH is 1. The zero-order valence-corrected chi connectivity index (χ0v) is 31.7. The van der Waals surface area contributed by atoms with E-state index in [4.69, 9.17) is 25.8 Å². The summed E-state index contributed by atoms with van der Waals surface area (Å²) in [6, 6.07) is 12.6. The smallest absolute Gasteiger partial charge is 0.313 e. The number of benzene rings is 2. The number of carbonyl (C=O) groups is 4. The zero-order chi connectivity index (χ0) is 37.0. The summed E-state index contributed by atoms with van der Waals surface area (Å²) in [5.41, 5.74) is 0.439. The van der Waals surface area contributed by atoms with E-state index in [1.54, 1.807) is 21.9 Å². The van der Waals surface area contributed by atoms with Crippen LogP contribution in [-0.2, 0) is 33.4 Å². The number of carbonyl (C=O) groups excluding carboxylic acids is 4. The first-order valence-corrected chi connectivity index (χ1v) is 19.0. The predicted molar refractivity (Wildman–Crippen MR) is 199 cm³/mol. The molecule has 3 amide bonds. The van der Waals surface area contributed by atoms with Crippen molar-refractivity contribution >= 4 is 56.9 Å². The molecule has 2 N–H and O–H groups in total. The van der Waals surface area contributed by atoms with Gasteiger partial charge >= 0.3 is 5.97 Å². The molecule has 278 valence electrons. The molecule has 11 nitrogen and oxygen atoms in total. The Bertz CT molecular complexity index is 1700. The molecule has 0 unspecified atom stereocenters. The number of nitrogens with zero attached hydrogens (tertiary/aromatic N) is 2. The molecule has 2 aromatic carbocycles. The first kappa shape index (κ1) is 38.2. The second kappa shape index (κ2) is 16.6. The van der Waals surface area contributed by atoms with Gasteiger partial charge in [-0.05, 0) is 49.5 Å². The maximum Gasteiger partial charge on any atom is 0.313 e. The lowest BCUT2D eigenvalue weighted by Crippen LogP contribution is -2.56. The predicted octanol–water partition coefficient (Wildman–Crippen LogP) is 5.17. The highest BCUT2D eigenvalue weighted by atomic mass is 79.9. The molecule has 2 fully saturated rings. The monoisotopic (exact) mass is 797 g/mol. The molecule has 0 saturated carbocycles. The van der Waals surface area contributed by atoms with Crippen molar-refractivity contribution in [2.75, 3.05) is 38.3 Å². The molecule has 13 heteroatoms. The van der Waals surface area contributed by atoms with Crippen LogP contribution in [0.3, 0.4) is 0 Å². The second-order valence-corrected chi connectivity index (χ2v) is 15.1. The van der Waals surface area contributed by atoms with Gasteiger partial charge in [0.2, 0.25) is 11.8 Å². The second-order valence-electron chi connectivity index (χ2n) is 13.8. The zero-order valence-electron chi connectivity index (χ0n) is 29.3. The van der Waals surface area contributed by atoms with Crippen molar-refractivity contribution in [2.24, 2.45) is 11.8 Å². The van der Waals surface area contributed by atoms with E-state index in [0.29, 0.717) is 40.0 Å². The Morgan fingerprint density at radius 2 is 1.77 bits per heavy atom. The number of aryl methyl sites for hydroxylation is 1. The van der Waals surface area contributed by atoms with Gasteiger partial charge in [-0.1, -0.05) is 95.0 Å². The SMILES string of the molecule is COC[C@H]1NC(=O)CC/C=C\CN(c2c(C)cccc2Cl)C(=O)[C@@H]2N(CCCCCCO)C(=O)[C@H]3[C@H](C(=O)O[C@@H]1c1ccccc1)[C@H]1O[C@@]23C=C1Br. The Labute approximate surface area is 317 Å². The van der Waals surface area contributed by atoms with E-state index in [0.717, 1.165) is 18.4 Å². The summed E-state index contributed by atoms with van der Waals surface area (Å²) in [7, 11) is 1.51. The van der Waals surface area contributed by atoms with E-state index in [-0.39, 0.29) is 44.5 Å². The molecule has 0 aromatic heterocycles. The number of fused-ring (bicyclic) bond motifs is 2. The number of allylic oxidation sites excluding steroid dienone is 1. The van der Waals surface area contributed by atoms with E-state index in [2.05, 4.69) is 21.2 Å². The third kappa shape index (κ3) is 7.33. The molecule has 4 aliphatic heterocycles. The van der Waals surface area contributed by atoms with Gasteiger partial charge in [0.1, 0.15) is 29.8 Å². The molecule has 0 radical (unpaired) electrons. The molecule has 7 atom stereocenters. The van der Waals surface area contributed by atoms with Crippen LogP contribution in [0.15, 0.2) is 71.2 Å². The maximum absolute atomic E-state index is 15.2. The van der Waals surface area contributed by atoms with E-state index in [1.165, 1.54) is 7.11 Å². The number of anilines is 1. The number of methoxy groups -OCH3 is 1. The van der Waals surface area contributed by atoms with Crippen molar-refractivity contribution in [3.8, 4) is 0 Å². The van der Waals surface area contributed by atoms with Gasteiger partial charge < -0.3 is 34.4 Å². The van der Waals surface area contributed by atoms with Gasteiger partial charge in [0.15, 0.2) is 0 Å². The fourth-order valence-electron chi connectivity index (χ4n) is 8.06. The molecule has 1 spiro atoms. The number of rotatable bonds is 10. The number of ether oxygens (including phenoxy) is 3. The first-order chi connectivity index (χ1) is 25.1. The number of hydrogen-bond donors (Lipinski definition) is 2. The first-order valence-electron chi connectivity index (χ1n) is 17.9. The van der Waals surface area contributed by atoms with Crippen molar-refractivity contribution in [2.45, 2.75) is 75.3 Å². The topological polar surface area (TPSA) is 135 Å².